The number of carbonyl (C=O) groups is 2. The summed E-state index contributed by atoms with van der Waals surface area (Å²) < 4.78 is 0. The standard InChI is InChI=1S/C19H22ClN3O2/c1-3-21-19(25)23-18(24)17(14-9-5-4-6-10-14)22-13(2)15-11-7-8-12-16(15)20/h4-13,17,22H,3H2,1-2H3,(H2,21,23,24,25)/t13-,17-/m0/s1. The highest BCUT2D eigenvalue weighted by molar-refractivity contribution is 6.31. The van der Waals surface area contributed by atoms with Crippen molar-refractivity contribution in [2.45, 2.75) is 25.9 Å². The molecule has 0 spiro atoms. The fourth-order valence-corrected chi connectivity index (χ4v) is 2.82. The van der Waals surface area contributed by atoms with E-state index in [2.05, 4.69) is 16.0 Å². The predicted molar refractivity (Wildman–Crippen MR) is 99.4 cm³/mol. The Morgan fingerprint density at radius 3 is 2.32 bits per heavy atom. The molecule has 0 radical (unpaired) electrons. The minimum atomic E-state index is -0.685. The number of imide groups is 1. The maximum absolute atomic E-state index is 12.6. The van der Waals surface area contributed by atoms with Gasteiger partial charge in [0.25, 0.3) is 0 Å². The van der Waals surface area contributed by atoms with E-state index < -0.39 is 18.0 Å². The smallest absolute Gasteiger partial charge is 0.321 e. The lowest BCUT2D eigenvalue weighted by Gasteiger charge is -2.24. The van der Waals surface area contributed by atoms with E-state index in [1.807, 2.05) is 55.5 Å². The molecule has 2 atom stereocenters. The van der Waals surface area contributed by atoms with Crippen molar-refractivity contribution in [3.8, 4) is 0 Å². The summed E-state index contributed by atoms with van der Waals surface area (Å²) in [6, 6.07) is 15.3. The lowest BCUT2D eigenvalue weighted by Crippen LogP contribution is -2.45. The second-order valence-corrected chi connectivity index (χ2v) is 6.01. The highest BCUT2D eigenvalue weighted by Gasteiger charge is 2.24. The molecule has 132 valence electrons. The third-order valence-corrected chi connectivity index (χ3v) is 4.10. The Kier molecular flexibility index (Phi) is 6.98. The Morgan fingerprint density at radius 2 is 1.68 bits per heavy atom. The molecule has 2 aromatic rings. The van der Waals surface area contributed by atoms with E-state index in [-0.39, 0.29) is 6.04 Å². The monoisotopic (exact) mass is 359 g/mol. The third-order valence-electron chi connectivity index (χ3n) is 3.76. The molecule has 5 nitrogen and oxygen atoms in total. The Labute approximate surface area is 152 Å². The maximum Gasteiger partial charge on any atom is 0.321 e. The molecule has 0 saturated carbocycles. The molecule has 0 saturated heterocycles. The first kappa shape index (κ1) is 19.0. The van der Waals surface area contributed by atoms with Crippen LogP contribution in [-0.4, -0.2) is 18.5 Å². The fraction of sp³-hybridized carbons (Fsp3) is 0.263. The second-order valence-electron chi connectivity index (χ2n) is 5.60. The zero-order valence-corrected chi connectivity index (χ0v) is 15.0. The van der Waals surface area contributed by atoms with Crippen LogP contribution in [-0.2, 0) is 4.79 Å². The van der Waals surface area contributed by atoms with Crippen molar-refractivity contribution in [3.05, 3.63) is 70.7 Å². The molecule has 0 unspecified atom stereocenters. The van der Waals surface area contributed by atoms with Gasteiger partial charge in [0.05, 0.1) is 0 Å². The minimum Gasteiger partial charge on any atom is -0.338 e. The molecule has 0 aromatic heterocycles. The average molecular weight is 360 g/mol. The first-order valence-corrected chi connectivity index (χ1v) is 8.54. The average Bonchev–Trinajstić information content (AvgIpc) is 2.60. The molecular weight excluding hydrogens is 338 g/mol. The molecule has 0 aliphatic carbocycles. The van der Waals surface area contributed by atoms with Gasteiger partial charge in [0.15, 0.2) is 0 Å². The number of hydrogen-bond donors (Lipinski definition) is 3. The Hall–Kier alpha value is -2.37. The number of carbonyl (C=O) groups excluding carboxylic acids is 2. The van der Waals surface area contributed by atoms with Crippen LogP contribution in [0.15, 0.2) is 54.6 Å². The van der Waals surface area contributed by atoms with E-state index in [0.29, 0.717) is 11.6 Å². The maximum atomic E-state index is 12.6. The van der Waals surface area contributed by atoms with Gasteiger partial charge in [-0.15, -0.1) is 0 Å². The van der Waals surface area contributed by atoms with Crippen LogP contribution >= 0.6 is 11.6 Å². The van der Waals surface area contributed by atoms with Crippen molar-refractivity contribution >= 4 is 23.5 Å². The Bertz CT molecular complexity index is 722. The van der Waals surface area contributed by atoms with Gasteiger partial charge in [-0.05, 0) is 31.0 Å². The van der Waals surface area contributed by atoms with Crippen molar-refractivity contribution in [2.75, 3.05) is 6.54 Å². The summed E-state index contributed by atoms with van der Waals surface area (Å²) >= 11 is 6.25. The van der Waals surface area contributed by atoms with Gasteiger partial charge in [0.1, 0.15) is 6.04 Å². The van der Waals surface area contributed by atoms with Crippen LogP contribution in [0.1, 0.15) is 37.1 Å². The van der Waals surface area contributed by atoms with Gasteiger partial charge in [-0.25, -0.2) is 4.79 Å². The van der Waals surface area contributed by atoms with Gasteiger partial charge in [-0.1, -0.05) is 60.1 Å². The highest BCUT2D eigenvalue weighted by atomic mass is 35.5. The van der Waals surface area contributed by atoms with Gasteiger partial charge in [0, 0.05) is 17.6 Å². The van der Waals surface area contributed by atoms with Crippen LogP contribution in [0.3, 0.4) is 0 Å². The van der Waals surface area contributed by atoms with Crippen LogP contribution < -0.4 is 16.0 Å². The van der Waals surface area contributed by atoms with Crippen LogP contribution in [0.25, 0.3) is 0 Å². The SMILES string of the molecule is CCNC(=O)NC(=O)[C@@H](N[C@@H](C)c1ccccc1Cl)c1ccccc1. The number of nitrogens with one attached hydrogen (secondary N) is 3. The van der Waals surface area contributed by atoms with Crippen LogP contribution in [0, 0.1) is 0 Å². The molecule has 0 heterocycles. The molecule has 0 fully saturated rings. The first-order valence-electron chi connectivity index (χ1n) is 8.17. The number of hydrogen-bond acceptors (Lipinski definition) is 3. The Morgan fingerprint density at radius 1 is 1.04 bits per heavy atom. The fourth-order valence-electron chi connectivity index (χ4n) is 2.52. The van der Waals surface area contributed by atoms with E-state index in [4.69, 9.17) is 11.6 Å². The van der Waals surface area contributed by atoms with Crippen molar-refractivity contribution in [1.82, 2.24) is 16.0 Å². The summed E-state index contributed by atoms with van der Waals surface area (Å²) in [5.74, 6) is -0.420. The van der Waals surface area contributed by atoms with E-state index in [1.165, 1.54) is 0 Å². The summed E-state index contributed by atoms with van der Waals surface area (Å²) in [6.07, 6.45) is 0. The first-order chi connectivity index (χ1) is 12.0. The quantitative estimate of drug-likeness (QED) is 0.738. The van der Waals surface area contributed by atoms with Gasteiger partial charge in [0.2, 0.25) is 5.91 Å². The number of benzene rings is 2. The van der Waals surface area contributed by atoms with E-state index in [9.17, 15) is 9.59 Å². The topological polar surface area (TPSA) is 70.2 Å². The third kappa shape index (κ3) is 5.31. The van der Waals surface area contributed by atoms with E-state index >= 15 is 0 Å². The lowest BCUT2D eigenvalue weighted by molar-refractivity contribution is -0.122. The molecule has 6 heteroatoms. The van der Waals surface area contributed by atoms with Crippen LogP contribution in [0.2, 0.25) is 5.02 Å². The molecule has 0 aliphatic rings. The molecular formula is C19H22ClN3O2. The molecule has 3 N–H and O–H groups in total. The normalized spacial score (nSPS) is 12.9. The summed E-state index contributed by atoms with van der Waals surface area (Å²) in [5, 5.41) is 8.81. The van der Waals surface area contributed by atoms with Crippen LogP contribution in [0.5, 0.6) is 0 Å². The van der Waals surface area contributed by atoms with Crippen molar-refractivity contribution in [2.24, 2.45) is 0 Å². The predicted octanol–water partition coefficient (Wildman–Crippen LogP) is 3.58. The van der Waals surface area contributed by atoms with E-state index in [1.54, 1.807) is 13.0 Å². The molecule has 0 aliphatic heterocycles. The molecule has 3 amide bonds. The van der Waals surface area contributed by atoms with Crippen molar-refractivity contribution < 1.29 is 9.59 Å². The van der Waals surface area contributed by atoms with Gasteiger partial charge in [-0.3, -0.25) is 15.4 Å². The summed E-state index contributed by atoms with van der Waals surface area (Å²) in [4.78, 5) is 24.3. The Balaban J connectivity index is 2.22. The summed E-state index contributed by atoms with van der Waals surface area (Å²) in [6.45, 7) is 4.16. The highest BCUT2D eigenvalue weighted by Crippen LogP contribution is 2.25. The van der Waals surface area contributed by atoms with Gasteiger partial charge in [-0.2, -0.15) is 0 Å². The number of amides is 3. The number of urea groups is 1. The molecule has 2 aromatic carbocycles. The summed E-state index contributed by atoms with van der Waals surface area (Å²) in [5.41, 5.74) is 1.65. The minimum absolute atomic E-state index is 0.182. The molecule has 2 rings (SSSR count). The summed E-state index contributed by atoms with van der Waals surface area (Å²) in [7, 11) is 0. The van der Waals surface area contributed by atoms with Gasteiger partial charge >= 0.3 is 6.03 Å². The molecule has 0 bridgehead atoms. The van der Waals surface area contributed by atoms with E-state index in [0.717, 1.165) is 11.1 Å². The van der Waals surface area contributed by atoms with Crippen molar-refractivity contribution in [1.29, 1.82) is 0 Å². The van der Waals surface area contributed by atoms with Gasteiger partial charge < -0.3 is 5.32 Å². The lowest BCUT2D eigenvalue weighted by atomic mass is 10.0. The molecule has 25 heavy (non-hydrogen) atoms. The van der Waals surface area contributed by atoms with Crippen LogP contribution in [0.4, 0.5) is 4.79 Å². The van der Waals surface area contributed by atoms with Crippen molar-refractivity contribution in [3.63, 3.8) is 0 Å². The number of rotatable bonds is 6. The number of halogens is 1. The largest absolute Gasteiger partial charge is 0.338 e. The second kappa shape index (κ2) is 9.20. The zero-order chi connectivity index (χ0) is 18.2. The zero-order valence-electron chi connectivity index (χ0n) is 14.3.